The van der Waals surface area contributed by atoms with E-state index in [2.05, 4.69) is 0 Å². The minimum absolute atomic E-state index is 0.0150. The smallest absolute Gasteiger partial charge is 0.308 e. The summed E-state index contributed by atoms with van der Waals surface area (Å²) in [6, 6.07) is 9.34. The van der Waals surface area contributed by atoms with E-state index in [1.165, 1.54) is 19.3 Å². The first-order chi connectivity index (χ1) is 11.2. The Balaban J connectivity index is 1.59. The van der Waals surface area contributed by atoms with Crippen LogP contribution in [0.25, 0.3) is 0 Å². The van der Waals surface area contributed by atoms with Crippen molar-refractivity contribution in [3.8, 4) is 0 Å². The SMILES string of the molecule is CC(C(=O)OCCCCC(=O)c1ccccc1)C1CCCCC1. The summed E-state index contributed by atoms with van der Waals surface area (Å²) in [5, 5.41) is 0. The lowest BCUT2D eigenvalue weighted by atomic mass is 9.81. The van der Waals surface area contributed by atoms with Gasteiger partial charge in [-0.3, -0.25) is 9.59 Å². The number of ether oxygens (including phenoxy) is 1. The molecule has 1 atom stereocenters. The summed E-state index contributed by atoms with van der Waals surface area (Å²) in [4.78, 5) is 24.0. The summed E-state index contributed by atoms with van der Waals surface area (Å²) in [6.45, 7) is 2.43. The van der Waals surface area contributed by atoms with Crippen molar-refractivity contribution in [2.24, 2.45) is 11.8 Å². The van der Waals surface area contributed by atoms with Crippen LogP contribution in [0.5, 0.6) is 0 Å². The maximum absolute atomic E-state index is 12.1. The van der Waals surface area contributed by atoms with E-state index >= 15 is 0 Å². The number of carbonyl (C=O) groups is 2. The highest BCUT2D eigenvalue weighted by Crippen LogP contribution is 2.30. The molecule has 1 unspecified atom stereocenters. The van der Waals surface area contributed by atoms with E-state index < -0.39 is 0 Å². The maximum Gasteiger partial charge on any atom is 0.308 e. The van der Waals surface area contributed by atoms with E-state index in [1.54, 1.807) is 0 Å². The minimum atomic E-state index is -0.0636. The normalized spacial score (nSPS) is 16.7. The molecule has 0 saturated heterocycles. The second-order valence-corrected chi connectivity index (χ2v) is 6.60. The van der Waals surface area contributed by atoms with Crippen LogP contribution in [0.3, 0.4) is 0 Å². The molecular weight excluding hydrogens is 288 g/mol. The standard InChI is InChI=1S/C20H28O3/c1-16(17-10-4-2-5-11-17)20(22)23-15-9-8-14-19(21)18-12-6-3-7-13-18/h3,6-7,12-13,16-17H,2,4-5,8-11,14-15H2,1H3. The Morgan fingerprint density at radius 2 is 1.78 bits per heavy atom. The van der Waals surface area contributed by atoms with Crippen LogP contribution in [0.15, 0.2) is 30.3 Å². The molecule has 126 valence electrons. The Bertz CT molecular complexity index is 489. The second kappa shape index (κ2) is 9.49. The van der Waals surface area contributed by atoms with Crippen LogP contribution >= 0.6 is 0 Å². The van der Waals surface area contributed by atoms with Crippen LogP contribution in [0.4, 0.5) is 0 Å². The van der Waals surface area contributed by atoms with Crippen LogP contribution in [0.1, 0.15) is 68.6 Å². The number of unbranched alkanes of at least 4 members (excludes halogenated alkanes) is 1. The Hall–Kier alpha value is -1.64. The van der Waals surface area contributed by atoms with E-state index in [-0.39, 0.29) is 17.7 Å². The van der Waals surface area contributed by atoms with Crippen molar-refractivity contribution in [3.63, 3.8) is 0 Å². The first-order valence-corrected chi connectivity index (χ1v) is 8.93. The van der Waals surface area contributed by atoms with Gasteiger partial charge in [0.05, 0.1) is 12.5 Å². The van der Waals surface area contributed by atoms with Gasteiger partial charge in [0.1, 0.15) is 0 Å². The lowest BCUT2D eigenvalue weighted by Gasteiger charge is -2.26. The molecule has 0 heterocycles. The highest BCUT2D eigenvalue weighted by atomic mass is 16.5. The van der Waals surface area contributed by atoms with Crippen molar-refractivity contribution in [1.29, 1.82) is 0 Å². The average molecular weight is 316 g/mol. The summed E-state index contributed by atoms with van der Waals surface area (Å²) in [6.07, 6.45) is 8.12. The fourth-order valence-electron chi connectivity index (χ4n) is 3.29. The molecule has 23 heavy (non-hydrogen) atoms. The molecule has 0 amide bonds. The summed E-state index contributed by atoms with van der Waals surface area (Å²) >= 11 is 0. The molecule has 0 aliphatic heterocycles. The number of esters is 1. The molecule has 3 heteroatoms. The van der Waals surface area contributed by atoms with Crippen molar-refractivity contribution in [2.45, 2.75) is 58.3 Å². The molecule has 1 aliphatic rings. The van der Waals surface area contributed by atoms with Gasteiger partial charge in [0, 0.05) is 12.0 Å². The molecule has 1 fully saturated rings. The molecule has 1 saturated carbocycles. The van der Waals surface area contributed by atoms with Gasteiger partial charge in [-0.2, -0.15) is 0 Å². The average Bonchev–Trinajstić information content (AvgIpc) is 2.62. The number of carbonyl (C=O) groups excluding carboxylic acids is 2. The van der Waals surface area contributed by atoms with Crippen molar-refractivity contribution < 1.29 is 14.3 Å². The van der Waals surface area contributed by atoms with Crippen LogP contribution in [0, 0.1) is 11.8 Å². The third-order valence-electron chi connectivity index (χ3n) is 4.87. The summed E-state index contributed by atoms with van der Waals surface area (Å²) in [7, 11) is 0. The third kappa shape index (κ3) is 5.81. The lowest BCUT2D eigenvalue weighted by molar-refractivity contribution is -0.150. The highest BCUT2D eigenvalue weighted by Gasteiger charge is 2.26. The van der Waals surface area contributed by atoms with E-state index in [1.807, 2.05) is 37.3 Å². The summed E-state index contributed by atoms with van der Waals surface area (Å²) in [5.74, 6) is 0.607. The van der Waals surface area contributed by atoms with Gasteiger partial charge < -0.3 is 4.74 Å². The Kier molecular flexibility index (Phi) is 7.31. The van der Waals surface area contributed by atoms with Crippen molar-refractivity contribution in [3.05, 3.63) is 35.9 Å². The van der Waals surface area contributed by atoms with Gasteiger partial charge >= 0.3 is 5.97 Å². The summed E-state index contributed by atoms with van der Waals surface area (Å²) < 4.78 is 5.39. The number of rotatable bonds is 8. The zero-order chi connectivity index (χ0) is 16.5. The van der Waals surface area contributed by atoms with Crippen LogP contribution < -0.4 is 0 Å². The second-order valence-electron chi connectivity index (χ2n) is 6.60. The predicted octanol–water partition coefficient (Wildman–Crippen LogP) is 4.80. The molecule has 1 aromatic rings. The van der Waals surface area contributed by atoms with Gasteiger partial charge in [0.2, 0.25) is 0 Å². The highest BCUT2D eigenvalue weighted by molar-refractivity contribution is 5.95. The number of Topliss-reactive ketones (excluding diaryl/α,β-unsaturated/α-hetero) is 1. The first-order valence-electron chi connectivity index (χ1n) is 8.93. The largest absolute Gasteiger partial charge is 0.465 e. The Labute approximate surface area is 139 Å². The van der Waals surface area contributed by atoms with Gasteiger partial charge in [0.15, 0.2) is 5.78 Å². The minimum Gasteiger partial charge on any atom is -0.465 e. The number of hydrogen-bond acceptors (Lipinski definition) is 3. The molecule has 3 nitrogen and oxygen atoms in total. The molecular formula is C20H28O3. The quantitative estimate of drug-likeness (QED) is 0.393. The third-order valence-corrected chi connectivity index (χ3v) is 4.87. The zero-order valence-corrected chi connectivity index (χ0v) is 14.1. The van der Waals surface area contributed by atoms with Crippen molar-refractivity contribution in [2.75, 3.05) is 6.61 Å². The van der Waals surface area contributed by atoms with Crippen molar-refractivity contribution in [1.82, 2.24) is 0 Å². The monoisotopic (exact) mass is 316 g/mol. The fraction of sp³-hybridized carbons (Fsp3) is 0.600. The van der Waals surface area contributed by atoms with Gasteiger partial charge in [-0.15, -0.1) is 0 Å². The van der Waals surface area contributed by atoms with Gasteiger partial charge in [-0.25, -0.2) is 0 Å². The zero-order valence-electron chi connectivity index (χ0n) is 14.1. The topological polar surface area (TPSA) is 43.4 Å². The van der Waals surface area contributed by atoms with E-state index in [4.69, 9.17) is 4.74 Å². The predicted molar refractivity (Wildman–Crippen MR) is 91.3 cm³/mol. The number of ketones is 1. The molecule has 0 spiro atoms. The molecule has 1 aromatic carbocycles. The fourth-order valence-corrected chi connectivity index (χ4v) is 3.29. The van der Waals surface area contributed by atoms with Crippen LogP contribution in [-0.2, 0) is 9.53 Å². The summed E-state index contributed by atoms with van der Waals surface area (Å²) in [5.41, 5.74) is 0.760. The first kappa shape index (κ1) is 17.7. The molecule has 0 bridgehead atoms. The van der Waals surface area contributed by atoms with E-state index in [0.29, 0.717) is 18.9 Å². The van der Waals surface area contributed by atoms with Crippen molar-refractivity contribution >= 4 is 11.8 Å². The number of benzene rings is 1. The molecule has 0 aromatic heterocycles. The molecule has 0 radical (unpaired) electrons. The van der Waals surface area contributed by atoms with Crippen LogP contribution in [-0.4, -0.2) is 18.4 Å². The molecule has 1 aliphatic carbocycles. The lowest BCUT2D eigenvalue weighted by Crippen LogP contribution is -2.25. The van der Waals surface area contributed by atoms with E-state index in [9.17, 15) is 9.59 Å². The van der Waals surface area contributed by atoms with E-state index in [0.717, 1.165) is 31.2 Å². The molecule has 0 N–H and O–H groups in total. The Morgan fingerprint density at radius 1 is 1.09 bits per heavy atom. The number of hydrogen-bond donors (Lipinski definition) is 0. The maximum atomic E-state index is 12.1. The van der Waals surface area contributed by atoms with Gasteiger partial charge in [-0.1, -0.05) is 56.5 Å². The van der Waals surface area contributed by atoms with Gasteiger partial charge in [0.25, 0.3) is 0 Å². The molecule has 2 rings (SSSR count). The Morgan fingerprint density at radius 3 is 2.48 bits per heavy atom. The van der Waals surface area contributed by atoms with Gasteiger partial charge in [-0.05, 0) is 31.6 Å². The van der Waals surface area contributed by atoms with Crippen LogP contribution in [0.2, 0.25) is 0 Å².